The van der Waals surface area contributed by atoms with Crippen molar-refractivity contribution in [2.75, 3.05) is 5.32 Å². The summed E-state index contributed by atoms with van der Waals surface area (Å²) in [5.74, 6) is 0.403. The van der Waals surface area contributed by atoms with Crippen molar-refractivity contribution in [2.45, 2.75) is 66.9 Å². The van der Waals surface area contributed by atoms with Crippen LogP contribution in [0.2, 0.25) is 0 Å². The number of carbonyl (C=O) groups is 2. The molecule has 0 radical (unpaired) electrons. The monoisotopic (exact) mass is 497 g/mol. The molecule has 4 rings (SSSR count). The van der Waals surface area contributed by atoms with Gasteiger partial charge >= 0.3 is 5.97 Å². The molecular weight excluding hydrogens is 462 g/mol. The van der Waals surface area contributed by atoms with Crippen molar-refractivity contribution in [3.05, 3.63) is 81.9 Å². The Morgan fingerprint density at radius 2 is 1.59 bits per heavy atom. The average molecular weight is 498 g/mol. The fourth-order valence-corrected chi connectivity index (χ4v) is 4.50. The number of nitrogens with one attached hydrogen (secondary N) is 2. The maximum absolute atomic E-state index is 12.9. The molecule has 0 aliphatic heterocycles. The summed E-state index contributed by atoms with van der Waals surface area (Å²) in [6.45, 7) is 13.8. The van der Waals surface area contributed by atoms with Crippen LogP contribution < -0.4 is 5.32 Å². The maximum atomic E-state index is 12.9. The lowest BCUT2D eigenvalue weighted by Crippen LogP contribution is -2.24. The minimum absolute atomic E-state index is 0.164. The van der Waals surface area contributed by atoms with Gasteiger partial charge in [0.15, 0.2) is 0 Å². The molecule has 0 atom stereocenters. The van der Waals surface area contributed by atoms with Crippen molar-refractivity contribution >= 4 is 28.6 Å². The third kappa shape index (κ3) is 6.26. The Morgan fingerprint density at radius 3 is 2.24 bits per heavy atom. The van der Waals surface area contributed by atoms with Gasteiger partial charge in [-0.3, -0.25) is 9.59 Å². The van der Waals surface area contributed by atoms with Crippen LogP contribution in [-0.2, 0) is 16.0 Å². The van der Waals surface area contributed by atoms with Crippen molar-refractivity contribution in [1.82, 2.24) is 9.97 Å². The van der Waals surface area contributed by atoms with Gasteiger partial charge < -0.3 is 15.0 Å². The lowest BCUT2D eigenvalue weighted by molar-refractivity contribution is -0.154. The highest BCUT2D eigenvalue weighted by molar-refractivity contribution is 6.06. The standard InChI is InChI=1S/C31H35N3O3/c1-18-8-11-24(16-19(18)2)32-30(36)23-10-12-25-26(17-23)34-29(33-25)28-20(3)14-22(15-21(28)4)9-13-27(35)37-31(5,6)7/h8,10-12,14-17H,9,13H2,1-7H3,(H,32,36)(H,33,34). The van der Waals surface area contributed by atoms with Crippen LogP contribution in [-0.4, -0.2) is 27.4 Å². The summed E-state index contributed by atoms with van der Waals surface area (Å²) in [6.07, 6.45) is 0.961. The largest absolute Gasteiger partial charge is 0.460 e. The number of hydrogen-bond acceptors (Lipinski definition) is 4. The summed E-state index contributed by atoms with van der Waals surface area (Å²) in [6, 6.07) is 15.6. The minimum atomic E-state index is -0.478. The number of aromatic amines is 1. The summed E-state index contributed by atoms with van der Waals surface area (Å²) >= 11 is 0. The second-order valence-corrected chi connectivity index (χ2v) is 10.8. The number of benzene rings is 3. The number of carbonyl (C=O) groups excluding carboxylic acids is 2. The number of imidazole rings is 1. The molecule has 37 heavy (non-hydrogen) atoms. The Kier molecular flexibility index (Phi) is 7.21. The van der Waals surface area contributed by atoms with Crippen LogP contribution in [0.1, 0.15) is 65.4 Å². The summed E-state index contributed by atoms with van der Waals surface area (Å²) in [7, 11) is 0. The van der Waals surface area contributed by atoms with Crippen molar-refractivity contribution in [1.29, 1.82) is 0 Å². The molecule has 0 spiro atoms. The Hall–Kier alpha value is -3.93. The topological polar surface area (TPSA) is 84.1 Å². The summed E-state index contributed by atoms with van der Waals surface area (Å²) in [4.78, 5) is 33.2. The van der Waals surface area contributed by atoms with E-state index in [0.29, 0.717) is 18.4 Å². The molecule has 1 heterocycles. The Bertz CT molecular complexity index is 1470. The number of nitrogens with zero attached hydrogens (tertiary/aromatic N) is 1. The molecule has 0 aliphatic carbocycles. The quantitative estimate of drug-likeness (QED) is 0.281. The van der Waals surface area contributed by atoms with Gasteiger partial charge in [0, 0.05) is 23.2 Å². The molecule has 192 valence electrons. The predicted molar refractivity (Wildman–Crippen MR) is 149 cm³/mol. The molecule has 0 saturated carbocycles. The van der Waals surface area contributed by atoms with Gasteiger partial charge in [-0.25, -0.2) is 4.98 Å². The normalized spacial score (nSPS) is 11.5. The van der Waals surface area contributed by atoms with Gasteiger partial charge in [0.2, 0.25) is 0 Å². The molecule has 1 amide bonds. The summed E-state index contributed by atoms with van der Waals surface area (Å²) < 4.78 is 5.43. The molecule has 6 nitrogen and oxygen atoms in total. The SMILES string of the molecule is Cc1ccc(NC(=O)c2ccc3nc(-c4c(C)cc(CCC(=O)OC(C)(C)C)cc4C)[nH]c3c2)cc1C. The lowest BCUT2D eigenvalue weighted by atomic mass is 9.96. The fourth-order valence-electron chi connectivity index (χ4n) is 4.50. The zero-order valence-corrected chi connectivity index (χ0v) is 22.7. The smallest absolute Gasteiger partial charge is 0.306 e. The number of H-pyrrole nitrogens is 1. The van der Waals surface area contributed by atoms with Crippen molar-refractivity contribution in [3.63, 3.8) is 0 Å². The van der Waals surface area contributed by atoms with E-state index < -0.39 is 5.60 Å². The average Bonchev–Trinajstić information content (AvgIpc) is 3.21. The maximum Gasteiger partial charge on any atom is 0.306 e. The second kappa shape index (κ2) is 10.2. The number of rotatable bonds is 6. The molecule has 3 aromatic carbocycles. The highest BCUT2D eigenvalue weighted by Gasteiger charge is 2.17. The third-order valence-electron chi connectivity index (χ3n) is 6.38. The molecule has 4 aromatic rings. The molecule has 0 saturated heterocycles. The molecule has 0 unspecified atom stereocenters. The van der Waals surface area contributed by atoms with E-state index in [-0.39, 0.29) is 11.9 Å². The van der Waals surface area contributed by atoms with Crippen LogP contribution in [0.15, 0.2) is 48.5 Å². The number of esters is 1. The van der Waals surface area contributed by atoms with Gasteiger partial charge in [0.05, 0.1) is 11.0 Å². The number of anilines is 1. The number of aromatic nitrogens is 2. The first-order chi connectivity index (χ1) is 17.4. The van der Waals surface area contributed by atoms with Crippen LogP contribution in [0.25, 0.3) is 22.4 Å². The highest BCUT2D eigenvalue weighted by Crippen LogP contribution is 2.29. The van der Waals surface area contributed by atoms with Gasteiger partial charge in [-0.05, 0) is 113 Å². The van der Waals surface area contributed by atoms with Crippen LogP contribution in [0.4, 0.5) is 5.69 Å². The number of fused-ring (bicyclic) bond motifs is 1. The molecule has 0 bridgehead atoms. The van der Waals surface area contributed by atoms with Gasteiger partial charge in [-0.15, -0.1) is 0 Å². The van der Waals surface area contributed by atoms with Gasteiger partial charge in [-0.1, -0.05) is 18.2 Å². The first-order valence-corrected chi connectivity index (χ1v) is 12.6. The fraction of sp³-hybridized carbons (Fsp3) is 0.323. The lowest BCUT2D eigenvalue weighted by Gasteiger charge is -2.19. The van der Waals surface area contributed by atoms with Crippen molar-refractivity contribution in [2.24, 2.45) is 0 Å². The van der Waals surface area contributed by atoms with E-state index in [1.165, 1.54) is 5.56 Å². The molecular formula is C31H35N3O3. The molecule has 0 aliphatic rings. The van der Waals surface area contributed by atoms with Gasteiger partial charge in [0.25, 0.3) is 5.91 Å². The van der Waals surface area contributed by atoms with Crippen molar-refractivity contribution < 1.29 is 14.3 Å². The molecule has 6 heteroatoms. The van der Waals surface area contributed by atoms with Crippen LogP contribution in [0, 0.1) is 27.7 Å². The molecule has 0 fully saturated rings. The summed E-state index contributed by atoms with van der Waals surface area (Å²) in [5.41, 5.74) is 9.04. The van der Waals surface area contributed by atoms with Gasteiger partial charge in [-0.2, -0.15) is 0 Å². The number of ether oxygens (including phenoxy) is 1. The molecule has 2 N–H and O–H groups in total. The van der Waals surface area contributed by atoms with E-state index >= 15 is 0 Å². The van der Waals surface area contributed by atoms with Crippen molar-refractivity contribution in [3.8, 4) is 11.4 Å². The number of hydrogen-bond donors (Lipinski definition) is 2. The van der Waals surface area contributed by atoms with E-state index in [9.17, 15) is 9.59 Å². The van der Waals surface area contributed by atoms with E-state index in [1.807, 2.05) is 65.0 Å². The van der Waals surface area contributed by atoms with Crippen LogP contribution in [0.5, 0.6) is 0 Å². The van der Waals surface area contributed by atoms with E-state index in [1.54, 1.807) is 6.07 Å². The minimum Gasteiger partial charge on any atom is -0.460 e. The third-order valence-corrected chi connectivity index (χ3v) is 6.38. The van der Waals surface area contributed by atoms with Crippen LogP contribution >= 0.6 is 0 Å². The van der Waals surface area contributed by atoms with E-state index in [4.69, 9.17) is 9.72 Å². The number of amides is 1. The second-order valence-electron chi connectivity index (χ2n) is 10.8. The Morgan fingerprint density at radius 1 is 0.892 bits per heavy atom. The zero-order chi connectivity index (χ0) is 26.9. The first kappa shape index (κ1) is 26.1. The molecule has 1 aromatic heterocycles. The van der Waals surface area contributed by atoms with Crippen LogP contribution in [0.3, 0.4) is 0 Å². The zero-order valence-electron chi connectivity index (χ0n) is 22.7. The van der Waals surface area contributed by atoms with E-state index in [0.717, 1.165) is 50.4 Å². The first-order valence-electron chi connectivity index (χ1n) is 12.6. The Balaban J connectivity index is 1.53. The summed E-state index contributed by atoms with van der Waals surface area (Å²) in [5, 5.41) is 2.98. The predicted octanol–water partition coefficient (Wildman–Crippen LogP) is 6.99. The number of aryl methyl sites for hydroxylation is 5. The highest BCUT2D eigenvalue weighted by atomic mass is 16.6. The Labute approximate surface area is 218 Å². The van der Waals surface area contributed by atoms with Gasteiger partial charge in [0.1, 0.15) is 11.4 Å². The van der Waals surface area contributed by atoms with E-state index in [2.05, 4.69) is 36.3 Å².